The quantitative estimate of drug-likeness (QED) is 0.408. The molecule has 0 bridgehead atoms. The lowest BCUT2D eigenvalue weighted by Gasteiger charge is -2.05. The Morgan fingerprint density at radius 1 is 1.26 bits per heavy atom. The van der Waals surface area contributed by atoms with Crippen LogP contribution in [0.3, 0.4) is 0 Å². The van der Waals surface area contributed by atoms with Gasteiger partial charge in [0.25, 0.3) is 5.69 Å². The largest absolute Gasteiger partial charge is 0.269 e. The van der Waals surface area contributed by atoms with Gasteiger partial charge in [-0.05, 0) is 43.9 Å². The fourth-order valence-corrected chi connectivity index (χ4v) is 3.49. The molecule has 0 saturated carbocycles. The third kappa shape index (κ3) is 2.09. The van der Waals surface area contributed by atoms with Gasteiger partial charge in [-0.3, -0.25) is 10.1 Å². The van der Waals surface area contributed by atoms with Crippen molar-refractivity contribution in [1.82, 2.24) is 14.6 Å². The zero-order chi connectivity index (χ0) is 16.1. The van der Waals surface area contributed by atoms with E-state index in [4.69, 9.17) is 16.6 Å². The maximum Gasteiger partial charge on any atom is 0.269 e. The Hall–Kier alpha value is -2.47. The Morgan fingerprint density at radius 3 is 2.70 bits per heavy atom. The van der Waals surface area contributed by atoms with E-state index >= 15 is 0 Å². The van der Waals surface area contributed by atoms with Crippen molar-refractivity contribution in [3.63, 3.8) is 0 Å². The number of benzene rings is 1. The van der Waals surface area contributed by atoms with Crippen LogP contribution in [0.2, 0.25) is 5.15 Å². The lowest BCUT2D eigenvalue weighted by atomic mass is 10.1. The molecule has 7 heteroatoms. The lowest BCUT2D eigenvalue weighted by molar-refractivity contribution is -0.384. The summed E-state index contributed by atoms with van der Waals surface area (Å²) in [5.41, 5.74) is 5.41. The molecular weight excluding hydrogens is 316 g/mol. The number of rotatable bonds is 2. The highest BCUT2D eigenvalue weighted by molar-refractivity contribution is 6.30. The highest BCUT2D eigenvalue weighted by Gasteiger charge is 2.23. The summed E-state index contributed by atoms with van der Waals surface area (Å²) in [6.07, 6.45) is 2.92. The summed E-state index contributed by atoms with van der Waals surface area (Å²) in [5.74, 6) is 0. The maximum atomic E-state index is 10.8. The smallest absolute Gasteiger partial charge is 0.258 e. The normalized spacial score (nSPS) is 13.5. The van der Waals surface area contributed by atoms with Gasteiger partial charge in [-0.1, -0.05) is 11.6 Å². The minimum absolute atomic E-state index is 0.0646. The number of aryl methyl sites for hydroxylation is 2. The van der Waals surface area contributed by atoms with Crippen molar-refractivity contribution in [3.8, 4) is 11.1 Å². The van der Waals surface area contributed by atoms with Crippen molar-refractivity contribution in [2.24, 2.45) is 0 Å². The summed E-state index contributed by atoms with van der Waals surface area (Å²) < 4.78 is 1.68. The highest BCUT2D eigenvalue weighted by atomic mass is 35.5. The van der Waals surface area contributed by atoms with Crippen LogP contribution in [0, 0.1) is 17.0 Å². The molecule has 0 atom stereocenters. The van der Waals surface area contributed by atoms with E-state index in [0.29, 0.717) is 10.8 Å². The topological polar surface area (TPSA) is 73.3 Å². The monoisotopic (exact) mass is 328 g/mol. The Kier molecular flexibility index (Phi) is 3.09. The number of nitro groups is 1. The molecule has 0 saturated heterocycles. The van der Waals surface area contributed by atoms with E-state index in [1.54, 1.807) is 16.6 Å². The zero-order valence-electron chi connectivity index (χ0n) is 12.4. The molecule has 2 aromatic heterocycles. The first-order valence-electron chi connectivity index (χ1n) is 7.37. The molecule has 1 aliphatic rings. The van der Waals surface area contributed by atoms with Gasteiger partial charge >= 0.3 is 0 Å². The molecule has 0 spiro atoms. The summed E-state index contributed by atoms with van der Waals surface area (Å²) >= 11 is 6.50. The van der Waals surface area contributed by atoms with Crippen LogP contribution in [-0.2, 0) is 12.8 Å². The number of nitrogens with zero attached hydrogens (tertiary/aromatic N) is 4. The van der Waals surface area contributed by atoms with E-state index in [-0.39, 0.29) is 5.69 Å². The van der Waals surface area contributed by atoms with Crippen molar-refractivity contribution < 1.29 is 4.92 Å². The van der Waals surface area contributed by atoms with Crippen molar-refractivity contribution >= 4 is 22.9 Å². The number of halogens is 1. The van der Waals surface area contributed by atoms with Gasteiger partial charge in [0, 0.05) is 29.0 Å². The van der Waals surface area contributed by atoms with Gasteiger partial charge in [-0.2, -0.15) is 5.10 Å². The summed E-state index contributed by atoms with van der Waals surface area (Å²) in [6, 6.07) is 6.44. The van der Waals surface area contributed by atoms with Crippen molar-refractivity contribution in [2.75, 3.05) is 0 Å². The highest BCUT2D eigenvalue weighted by Crippen LogP contribution is 2.34. The van der Waals surface area contributed by atoms with E-state index in [2.05, 4.69) is 5.10 Å². The summed E-state index contributed by atoms with van der Waals surface area (Å²) in [6.45, 7) is 1.90. The number of hydrogen-bond donors (Lipinski definition) is 0. The lowest BCUT2D eigenvalue weighted by Crippen LogP contribution is -1.99. The molecule has 1 aliphatic carbocycles. The molecule has 3 aromatic rings. The Bertz CT molecular complexity index is 947. The Balaban J connectivity index is 1.95. The summed E-state index contributed by atoms with van der Waals surface area (Å²) in [4.78, 5) is 15.2. The molecule has 23 heavy (non-hydrogen) atoms. The van der Waals surface area contributed by atoms with Crippen LogP contribution in [0.5, 0.6) is 0 Å². The van der Waals surface area contributed by atoms with Gasteiger partial charge in [0.2, 0.25) is 0 Å². The number of aromatic nitrogens is 3. The molecule has 2 heterocycles. The number of hydrogen-bond acceptors (Lipinski definition) is 4. The predicted molar refractivity (Wildman–Crippen MR) is 86.8 cm³/mol. The van der Waals surface area contributed by atoms with Crippen LogP contribution in [0.25, 0.3) is 16.8 Å². The van der Waals surface area contributed by atoms with Crippen molar-refractivity contribution in [1.29, 1.82) is 0 Å². The molecule has 116 valence electrons. The first-order chi connectivity index (χ1) is 11.1. The first-order valence-corrected chi connectivity index (χ1v) is 7.75. The average Bonchev–Trinajstić information content (AvgIpc) is 3.12. The van der Waals surface area contributed by atoms with Crippen molar-refractivity contribution in [2.45, 2.75) is 26.2 Å². The van der Waals surface area contributed by atoms with Crippen LogP contribution in [0.1, 0.15) is 23.4 Å². The van der Waals surface area contributed by atoms with Gasteiger partial charge in [0.05, 0.1) is 10.6 Å². The fourth-order valence-electron chi connectivity index (χ4n) is 3.17. The average molecular weight is 329 g/mol. The molecule has 0 aliphatic heterocycles. The molecular formula is C16H13ClN4O2. The number of fused-ring (bicyclic) bond motifs is 2. The SMILES string of the molecule is Cc1nn2c(Cl)c3c(nc2c1-c1ccc([N+](=O)[O-])cc1)CCC3. The van der Waals surface area contributed by atoms with Crippen LogP contribution < -0.4 is 0 Å². The predicted octanol–water partition coefficient (Wildman–Crippen LogP) is 3.76. The van der Waals surface area contributed by atoms with Gasteiger partial charge < -0.3 is 0 Å². The molecule has 0 amide bonds. The summed E-state index contributed by atoms with van der Waals surface area (Å²) in [5, 5.41) is 15.9. The van der Waals surface area contributed by atoms with Gasteiger partial charge in [-0.15, -0.1) is 0 Å². The second-order valence-electron chi connectivity index (χ2n) is 5.68. The minimum Gasteiger partial charge on any atom is -0.258 e. The van der Waals surface area contributed by atoms with Gasteiger partial charge in [0.1, 0.15) is 5.15 Å². The number of nitro benzene ring substituents is 1. The second-order valence-corrected chi connectivity index (χ2v) is 6.04. The second kappa shape index (κ2) is 5.03. The van der Waals surface area contributed by atoms with Crippen molar-refractivity contribution in [3.05, 3.63) is 56.5 Å². The Morgan fingerprint density at radius 2 is 2.00 bits per heavy atom. The van der Waals surface area contributed by atoms with Gasteiger partial charge in [-0.25, -0.2) is 9.50 Å². The van der Waals surface area contributed by atoms with Crippen LogP contribution >= 0.6 is 11.6 Å². The number of non-ortho nitro benzene ring substituents is 1. The molecule has 4 rings (SSSR count). The van der Waals surface area contributed by atoms with E-state index < -0.39 is 4.92 Å². The molecule has 6 nitrogen and oxygen atoms in total. The molecule has 0 N–H and O–H groups in total. The Labute approximate surface area is 136 Å². The minimum atomic E-state index is -0.408. The van der Waals surface area contributed by atoms with E-state index in [1.807, 2.05) is 6.92 Å². The van der Waals surface area contributed by atoms with Crippen LogP contribution in [-0.4, -0.2) is 19.5 Å². The molecule has 0 radical (unpaired) electrons. The van der Waals surface area contributed by atoms with E-state index in [9.17, 15) is 10.1 Å². The molecule has 0 fully saturated rings. The molecule has 0 unspecified atom stereocenters. The summed E-state index contributed by atoms with van der Waals surface area (Å²) in [7, 11) is 0. The molecule has 1 aromatic carbocycles. The van der Waals surface area contributed by atoms with Crippen LogP contribution in [0.15, 0.2) is 24.3 Å². The third-order valence-corrected chi connectivity index (χ3v) is 4.66. The zero-order valence-corrected chi connectivity index (χ0v) is 13.2. The first kappa shape index (κ1) is 14.1. The van der Waals surface area contributed by atoms with Crippen LogP contribution in [0.4, 0.5) is 5.69 Å². The van der Waals surface area contributed by atoms with E-state index in [1.165, 1.54) is 12.1 Å². The van der Waals surface area contributed by atoms with Gasteiger partial charge in [0.15, 0.2) is 5.65 Å². The third-order valence-electron chi connectivity index (χ3n) is 4.27. The fraction of sp³-hybridized carbons (Fsp3) is 0.250. The van der Waals surface area contributed by atoms with E-state index in [0.717, 1.165) is 47.3 Å². The maximum absolute atomic E-state index is 10.8. The standard InChI is InChI=1S/C16H13ClN4O2/c1-9-14(10-5-7-11(8-6-10)21(22)23)16-18-13-4-2-3-12(13)15(17)20(16)19-9/h5-8H,2-4H2,1H3.